The molecule has 1 unspecified atom stereocenters. The Hall–Kier alpha value is -4.00. The van der Waals surface area contributed by atoms with Crippen LogP contribution in [0.2, 0.25) is 0 Å². The summed E-state index contributed by atoms with van der Waals surface area (Å²) in [7, 11) is 0. The highest BCUT2D eigenvalue weighted by Gasteiger charge is 2.31. The number of aromatic nitrogens is 2. The van der Waals surface area contributed by atoms with Crippen molar-refractivity contribution < 1.29 is 37.0 Å². The second kappa shape index (κ2) is 11.4. The van der Waals surface area contributed by atoms with Crippen LogP contribution >= 0.6 is 0 Å². The van der Waals surface area contributed by atoms with Gasteiger partial charge in [-0.3, -0.25) is 9.47 Å². The van der Waals surface area contributed by atoms with Gasteiger partial charge in [0.05, 0.1) is 0 Å². The van der Waals surface area contributed by atoms with Crippen LogP contribution in [0.15, 0.2) is 54.7 Å². The summed E-state index contributed by atoms with van der Waals surface area (Å²) in [5.41, 5.74) is 0.921. The number of nitro groups is 1. The van der Waals surface area contributed by atoms with Crippen LogP contribution in [0, 0.1) is 10.1 Å². The summed E-state index contributed by atoms with van der Waals surface area (Å²) in [5, 5.41) is 10.9. The highest BCUT2D eigenvalue weighted by molar-refractivity contribution is 5.31. The molecule has 2 aromatic carbocycles. The fraction of sp³-hybridized carbons (Fsp3) is 0.423. The van der Waals surface area contributed by atoms with Gasteiger partial charge in [-0.05, 0) is 59.7 Å². The van der Waals surface area contributed by atoms with E-state index in [0.717, 1.165) is 37.2 Å². The van der Waals surface area contributed by atoms with E-state index >= 15 is 0 Å². The van der Waals surface area contributed by atoms with Gasteiger partial charge in [0.25, 0.3) is 0 Å². The normalized spacial score (nSPS) is 18.2. The third-order valence-electron chi connectivity index (χ3n) is 6.54. The van der Waals surface area contributed by atoms with Crippen LogP contribution in [0.25, 0.3) is 0 Å². The van der Waals surface area contributed by atoms with Crippen LogP contribution in [-0.4, -0.2) is 57.6 Å². The molecule has 2 aliphatic heterocycles. The topological polar surface area (TPSA) is 101 Å². The van der Waals surface area contributed by atoms with Crippen molar-refractivity contribution in [1.29, 1.82) is 0 Å². The molecule has 39 heavy (non-hydrogen) atoms. The Balaban J connectivity index is 1.03. The number of halogens is 3. The molecule has 0 radical (unpaired) electrons. The zero-order chi connectivity index (χ0) is 27.4. The summed E-state index contributed by atoms with van der Waals surface area (Å²) >= 11 is 0. The number of rotatable bonds is 9. The molecule has 2 aliphatic rings. The maximum atomic E-state index is 12.3. The van der Waals surface area contributed by atoms with Crippen molar-refractivity contribution in [2.24, 2.45) is 0 Å². The Morgan fingerprint density at radius 1 is 0.974 bits per heavy atom. The van der Waals surface area contributed by atoms with E-state index in [1.165, 1.54) is 18.3 Å². The number of fused-ring (bicyclic) bond motifs is 1. The van der Waals surface area contributed by atoms with E-state index in [-0.39, 0.29) is 36.4 Å². The van der Waals surface area contributed by atoms with E-state index in [0.29, 0.717) is 25.3 Å². The Morgan fingerprint density at radius 3 is 2.31 bits per heavy atom. The molecule has 0 amide bonds. The number of ether oxygens (including phenoxy) is 4. The summed E-state index contributed by atoms with van der Waals surface area (Å²) < 4.78 is 60.2. The van der Waals surface area contributed by atoms with E-state index in [9.17, 15) is 23.3 Å². The molecular weight excluding hydrogens is 521 g/mol. The monoisotopic (exact) mass is 548 g/mol. The SMILES string of the molecule is O=[N+]([O-])c1cn2c(n1)OC(COc1ccc(OC3CCN(Cc4ccc(OC(F)(F)F)cc4)CC3)cc1)CC2. The lowest BCUT2D eigenvalue weighted by Gasteiger charge is -2.32. The number of hydrogen-bond donors (Lipinski definition) is 0. The third kappa shape index (κ3) is 7.31. The number of nitrogens with zero attached hydrogens (tertiary/aromatic N) is 4. The molecule has 0 spiro atoms. The van der Waals surface area contributed by atoms with Crippen molar-refractivity contribution >= 4 is 5.82 Å². The largest absolute Gasteiger partial charge is 0.573 e. The number of hydrogen-bond acceptors (Lipinski definition) is 8. The molecular formula is C26H27F3N4O6. The van der Waals surface area contributed by atoms with Crippen LogP contribution in [0.1, 0.15) is 24.8 Å². The van der Waals surface area contributed by atoms with Gasteiger partial charge >= 0.3 is 18.2 Å². The second-order valence-electron chi connectivity index (χ2n) is 9.43. The Morgan fingerprint density at radius 2 is 1.64 bits per heavy atom. The van der Waals surface area contributed by atoms with Gasteiger partial charge in [-0.2, -0.15) is 0 Å². The molecule has 13 heteroatoms. The van der Waals surface area contributed by atoms with Crippen molar-refractivity contribution in [2.45, 2.75) is 50.9 Å². The van der Waals surface area contributed by atoms with Crippen molar-refractivity contribution in [3.8, 4) is 23.3 Å². The average Bonchev–Trinajstić information content (AvgIpc) is 3.34. The molecule has 3 heterocycles. The van der Waals surface area contributed by atoms with E-state index in [4.69, 9.17) is 14.2 Å². The Labute approximate surface area is 222 Å². The first kappa shape index (κ1) is 26.6. The molecule has 5 rings (SSSR count). The maximum absolute atomic E-state index is 12.3. The second-order valence-corrected chi connectivity index (χ2v) is 9.43. The fourth-order valence-electron chi connectivity index (χ4n) is 4.57. The fourth-order valence-corrected chi connectivity index (χ4v) is 4.57. The molecule has 10 nitrogen and oxygen atoms in total. The maximum Gasteiger partial charge on any atom is 0.573 e. The van der Waals surface area contributed by atoms with Crippen molar-refractivity contribution in [1.82, 2.24) is 14.5 Å². The predicted molar refractivity (Wildman–Crippen MR) is 132 cm³/mol. The van der Waals surface area contributed by atoms with Crippen LogP contribution in [0.3, 0.4) is 0 Å². The molecule has 1 saturated heterocycles. The van der Waals surface area contributed by atoms with Gasteiger partial charge < -0.3 is 29.1 Å². The van der Waals surface area contributed by atoms with Gasteiger partial charge in [0, 0.05) is 37.6 Å². The Bertz CT molecular complexity index is 1260. The summed E-state index contributed by atoms with van der Waals surface area (Å²) in [4.78, 5) is 16.5. The summed E-state index contributed by atoms with van der Waals surface area (Å²) in [6.07, 6.45) is -1.19. The highest BCUT2D eigenvalue weighted by atomic mass is 19.4. The third-order valence-corrected chi connectivity index (χ3v) is 6.54. The number of likely N-dealkylation sites (tertiary alicyclic amines) is 1. The summed E-state index contributed by atoms with van der Waals surface area (Å²) in [6, 6.07) is 13.5. The molecule has 1 fully saturated rings. The van der Waals surface area contributed by atoms with Gasteiger partial charge in [-0.25, -0.2) is 0 Å². The smallest absolute Gasteiger partial charge is 0.490 e. The molecule has 0 N–H and O–H groups in total. The average molecular weight is 549 g/mol. The van der Waals surface area contributed by atoms with Gasteiger partial charge in [-0.15, -0.1) is 13.2 Å². The number of aryl methyl sites for hydroxylation is 1. The number of imidazole rings is 1. The Kier molecular flexibility index (Phi) is 7.77. The van der Waals surface area contributed by atoms with Crippen molar-refractivity contribution in [3.05, 3.63) is 70.4 Å². The molecule has 3 aromatic rings. The minimum Gasteiger partial charge on any atom is -0.490 e. The van der Waals surface area contributed by atoms with E-state index in [2.05, 4.69) is 14.6 Å². The number of piperidine rings is 1. The van der Waals surface area contributed by atoms with E-state index in [1.807, 2.05) is 24.3 Å². The lowest BCUT2D eigenvalue weighted by Crippen LogP contribution is -2.37. The van der Waals surface area contributed by atoms with E-state index < -0.39 is 11.3 Å². The molecule has 0 saturated carbocycles. The van der Waals surface area contributed by atoms with Gasteiger partial charge in [0.2, 0.25) is 0 Å². The van der Waals surface area contributed by atoms with Crippen molar-refractivity contribution in [2.75, 3.05) is 19.7 Å². The van der Waals surface area contributed by atoms with Gasteiger partial charge in [-0.1, -0.05) is 12.1 Å². The van der Waals surface area contributed by atoms with Crippen LogP contribution in [-0.2, 0) is 13.1 Å². The summed E-state index contributed by atoms with van der Waals surface area (Å²) in [6.45, 7) is 3.13. The van der Waals surface area contributed by atoms with Crippen LogP contribution in [0.5, 0.6) is 23.3 Å². The standard InChI is InChI=1S/C26H27F3N4O6/c27-26(28,29)39-22-3-1-18(2-4-22)15-31-12-9-21(10-13-31)37-20-7-5-19(6-8-20)36-17-23-11-14-32-16-24(33(34)35)30-25(32)38-23/h1-8,16,21,23H,9-15,17H2. The van der Waals surface area contributed by atoms with Crippen molar-refractivity contribution in [3.63, 3.8) is 0 Å². The van der Waals surface area contributed by atoms with Gasteiger partial charge in [0.15, 0.2) is 0 Å². The van der Waals surface area contributed by atoms with Gasteiger partial charge in [0.1, 0.15) is 42.3 Å². The van der Waals surface area contributed by atoms with Crippen LogP contribution < -0.4 is 18.9 Å². The first-order valence-electron chi connectivity index (χ1n) is 12.5. The lowest BCUT2D eigenvalue weighted by molar-refractivity contribution is -0.389. The molecule has 208 valence electrons. The first-order valence-corrected chi connectivity index (χ1v) is 12.5. The minimum absolute atomic E-state index is 0.0685. The molecule has 0 aliphatic carbocycles. The van der Waals surface area contributed by atoms with E-state index in [1.54, 1.807) is 16.7 Å². The predicted octanol–water partition coefficient (Wildman–Crippen LogP) is 4.96. The quantitative estimate of drug-likeness (QED) is 0.273. The molecule has 1 atom stereocenters. The highest BCUT2D eigenvalue weighted by Crippen LogP contribution is 2.27. The minimum atomic E-state index is -4.69. The first-order chi connectivity index (χ1) is 18.7. The zero-order valence-corrected chi connectivity index (χ0v) is 20.9. The number of benzene rings is 2. The van der Waals surface area contributed by atoms with Crippen LogP contribution in [0.4, 0.5) is 19.0 Å². The molecule has 0 bridgehead atoms. The lowest BCUT2D eigenvalue weighted by atomic mass is 10.1. The summed E-state index contributed by atoms with van der Waals surface area (Å²) in [5.74, 6) is 0.941. The number of alkyl halides is 3. The zero-order valence-electron chi connectivity index (χ0n) is 20.9. The molecule has 1 aromatic heterocycles.